The van der Waals surface area contributed by atoms with Crippen LogP contribution in [0.5, 0.6) is 0 Å². The van der Waals surface area contributed by atoms with Crippen LogP contribution in [0.4, 0.5) is 0 Å². The number of rotatable bonds is 51. The second kappa shape index (κ2) is 48.2. The molecule has 0 aromatic rings. The van der Waals surface area contributed by atoms with Crippen molar-refractivity contribution in [2.45, 2.75) is 336 Å². The average molecular weight is 831 g/mol. The van der Waals surface area contributed by atoms with Crippen LogP contribution in [0.1, 0.15) is 336 Å². The Morgan fingerprint density at radius 2 is 0.508 bits per heavy atom. The van der Waals surface area contributed by atoms with Crippen LogP contribution in [0, 0.1) is 5.41 Å². The number of ether oxygens (including phenoxy) is 1. The average Bonchev–Trinajstić information content (AvgIpc) is 3.24. The topological polar surface area (TPSA) is 43.4 Å². The molecule has 0 heterocycles. The summed E-state index contributed by atoms with van der Waals surface area (Å²) in [5, 5.41) is 0. The monoisotopic (exact) mass is 831 g/mol. The van der Waals surface area contributed by atoms with Gasteiger partial charge >= 0.3 is 5.97 Å². The molecule has 0 aliphatic carbocycles. The Balaban J connectivity index is 5.08. The molecular formula is C56H110O3. The van der Waals surface area contributed by atoms with Gasteiger partial charge in [-0.05, 0) is 25.7 Å². The van der Waals surface area contributed by atoms with E-state index in [2.05, 4.69) is 27.7 Å². The molecule has 3 heteroatoms. The van der Waals surface area contributed by atoms with Crippen molar-refractivity contribution >= 4 is 11.8 Å². The lowest BCUT2D eigenvalue weighted by Crippen LogP contribution is -2.41. The second-order valence-corrected chi connectivity index (χ2v) is 19.4. The van der Waals surface area contributed by atoms with Crippen molar-refractivity contribution in [3.05, 3.63) is 0 Å². The third-order valence-electron chi connectivity index (χ3n) is 13.6. The highest BCUT2D eigenvalue weighted by molar-refractivity contribution is 6.03. The van der Waals surface area contributed by atoms with E-state index in [0.29, 0.717) is 25.9 Å². The van der Waals surface area contributed by atoms with E-state index in [4.69, 9.17) is 4.74 Å². The van der Waals surface area contributed by atoms with Crippen molar-refractivity contribution < 1.29 is 14.3 Å². The maximum Gasteiger partial charge on any atom is 0.319 e. The highest BCUT2D eigenvalue weighted by Crippen LogP contribution is 2.37. The number of Topliss-reactive ketones (excluding diaryl/α,β-unsaturated/α-hetero) is 1. The van der Waals surface area contributed by atoms with Crippen LogP contribution in [0.15, 0.2) is 0 Å². The first-order valence-electron chi connectivity index (χ1n) is 27.8. The molecule has 59 heavy (non-hydrogen) atoms. The molecule has 1 atom stereocenters. The van der Waals surface area contributed by atoms with Gasteiger partial charge in [0, 0.05) is 6.42 Å². The molecule has 0 aliphatic rings. The number of unbranched alkanes of at least 4 members (excludes halogenated alkanes) is 41. The molecule has 3 nitrogen and oxygen atoms in total. The smallest absolute Gasteiger partial charge is 0.319 e. The fourth-order valence-corrected chi connectivity index (χ4v) is 9.34. The third kappa shape index (κ3) is 38.5. The van der Waals surface area contributed by atoms with Crippen LogP contribution in [0.25, 0.3) is 0 Å². The normalized spacial score (nSPS) is 12.6. The van der Waals surface area contributed by atoms with Crippen LogP contribution in [0.2, 0.25) is 0 Å². The molecule has 0 aromatic heterocycles. The molecule has 0 amide bonds. The Morgan fingerprint density at radius 1 is 0.288 bits per heavy atom. The van der Waals surface area contributed by atoms with Crippen molar-refractivity contribution in [2.24, 2.45) is 5.41 Å². The van der Waals surface area contributed by atoms with Crippen LogP contribution in [-0.4, -0.2) is 18.4 Å². The first-order valence-corrected chi connectivity index (χ1v) is 27.8. The van der Waals surface area contributed by atoms with E-state index in [1.807, 2.05) is 0 Å². The quantitative estimate of drug-likeness (QED) is 0.0348. The lowest BCUT2D eigenvalue weighted by atomic mass is 9.73. The summed E-state index contributed by atoms with van der Waals surface area (Å²) in [6.45, 7) is 9.61. The molecule has 0 saturated carbocycles. The summed E-state index contributed by atoms with van der Waals surface area (Å²) in [4.78, 5) is 28.6. The Hall–Kier alpha value is -0.860. The molecule has 0 bridgehead atoms. The van der Waals surface area contributed by atoms with Gasteiger partial charge in [-0.25, -0.2) is 0 Å². The summed E-state index contributed by atoms with van der Waals surface area (Å²) < 4.78 is 6.12. The summed E-state index contributed by atoms with van der Waals surface area (Å²) in [5.41, 5.74) is -0.921. The van der Waals surface area contributed by atoms with Gasteiger partial charge in [0.15, 0.2) is 0 Å². The van der Waals surface area contributed by atoms with Gasteiger partial charge in [0.1, 0.15) is 11.2 Å². The lowest BCUT2D eigenvalue weighted by molar-refractivity contribution is -0.162. The molecule has 0 aromatic carbocycles. The zero-order valence-electron chi connectivity index (χ0n) is 41.4. The Kier molecular flexibility index (Phi) is 47.5. The fraction of sp³-hybridized carbons (Fsp3) is 0.964. The SMILES string of the molecule is CCCCCCCCCCCCCCCCCC(=O)C(CCCCCCCCCCCC)(CCCCCCCCCCCCCCCC)C(=O)OCCCCCCCC. The van der Waals surface area contributed by atoms with Gasteiger partial charge in [-0.3, -0.25) is 9.59 Å². The standard InChI is InChI=1S/C56H110O3/c1-5-9-13-17-21-24-27-29-31-32-34-36-39-42-46-50-54(57)56(55(58)59-53-49-45-20-16-12-8-4,51-47-43-40-37-26-23-19-15-11-7-3)52-48-44-41-38-35-33-30-28-25-22-18-14-10-6-2/h5-53H2,1-4H3. The fourth-order valence-electron chi connectivity index (χ4n) is 9.34. The van der Waals surface area contributed by atoms with Gasteiger partial charge in [-0.2, -0.15) is 0 Å². The number of carbonyl (C=O) groups is 2. The zero-order valence-corrected chi connectivity index (χ0v) is 41.4. The van der Waals surface area contributed by atoms with Crippen molar-refractivity contribution in [3.63, 3.8) is 0 Å². The Labute approximate surface area is 372 Å². The first kappa shape index (κ1) is 58.1. The van der Waals surface area contributed by atoms with Crippen molar-refractivity contribution in [3.8, 4) is 0 Å². The van der Waals surface area contributed by atoms with Crippen molar-refractivity contribution in [1.82, 2.24) is 0 Å². The highest BCUT2D eigenvalue weighted by Gasteiger charge is 2.45. The van der Waals surface area contributed by atoms with Crippen LogP contribution >= 0.6 is 0 Å². The van der Waals surface area contributed by atoms with E-state index in [0.717, 1.165) is 51.4 Å². The van der Waals surface area contributed by atoms with E-state index in [1.54, 1.807) is 0 Å². The number of ketones is 1. The van der Waals surface area contributed by atoms with Crippen LogP contribution in [0.3, 0.4) is 0 Å². The molecule has 0 N–H and O–H groups in total. The lowest BCUT2D eigenvalue weighted by Gasteiger charge is -2.31. The number of hydrogen-bond donors (Lipinski definition) is 0. The van der Waals surface area contributed by atoms with Crippen molar-refractivity contribution in [2.75, 3.05) is 6.61 Å². The molecule has 0 fully saturated rings. The molecule has 0 aliphatic heterocycles. The third-order valence-corrected chi connectivity index (χ3v) is 13.6. The van der Waals surface area contributed by atoms with Gasteiger partial charge in [0.25, 0.3) is 0 Å². The van der Waals surface area contributed by atoms with Gasteiger partial charge in [0.2, 0.25) is 0 Å². The summed E-state index contributed by atoms with van der Waals surface area (Å²) in [5.74, 6) is 0.0494. The molecule has 0 saturated heterocycles. The maximum absolute atomic E-state index is 14.4. The Morgan fingerprint density at radius 3 is 0.780 bits per heavy atom. The number of hydrogen-bond acceptors (Lipinski definition) is 3. The molecule has 0 spiro atoms. The molecule has 0 radical (unpaired) electrons. The molecule has 352 valence electrons. The molecule has 1 unspecified atom stereocenters. The van der Waals surface area contributed by atoms with E-state index in [-0.39, 0.29) is 11.8 Å². The predicted molar refractivity (Wildman–Crippen MR) is 263 cm³/mol. The first-order chi connectivity index (χ1) is 29.1. The minimum atomic E-state index is -0.921. The summed E-state index contributed by atoms with van der Waals surface area (Å²) in [7, 11) is 0. The van der Waals surface area contributed by atoms with Gasteiger partial charge < -0.3 is 4.74 Å². The molecular weight excluding hydrogens is 721 g/mol. The van der Waals surface area contributed by atoms with Crippen LogP contribution < -0.4 is 0 Å². The summed E-state index contributed by atoms with van der Waals surface area (Å²) in [6.07, 6.45) is 60.1. The van der Waals surface area contributed by atoms with E-state index >= 15 is 0 Å². The maximum atomic E-state index is 14.4. The minimum absolute atomic E-state index is 0.164. The molecule has 0 rings (SSSR count). The number of carbonyl (C=O) groups excluding carboxylic acids is 2. The van der Waals surface area contributed by atoms with Gasteiger partial charge in [-0.1, -0.05) is 304 Å². The summed E-state index contributed by atoms with van der Waals surface area (Å²) in [6, 6.07) is 0. The van der Waals surface area contributed by atoms with Crippen LogP contribution in [-0.2, 0) is 14.3 Å². The zero-order chi connectivity index (χ0) is 43.0. The van der Waals surface area contributed by atoms with Gasteiger partial charge in [0.05, 0.1) is 6.61 Å². The van der Waals surface area contributed by atoms with Gasteiger partial charge in [-0.15, -0.1) is 0 Å². The summed E-state index contributed by atoms with van der Waals surface area (Å²) >= 11 is 0. The van der Waals surface area contributed by atoms with E-state index < -0.39 is 5.41 Å². The minimum Gasteiger partial charge on any atom is -0.465 e. The van der Waals surface area contributed by atoms with E-state index in [1.165, 1.54) is 238 Å². The predicted octanol–water partition coefficient (Wildman–Crippen LogP) is 19.9. The second-order valence-electron chi connectivity index (χ2n) is 19.4. The largest absolute Gasteiger partial charge is 0.465 e. The van der Waals surface area contributed by atoms with Crippen molar-refractivity contribution in [1.29, 1.82) is 0 Å². The number of esters is 1. The Bertz CT molecular complexity index is 837. The van der Waals surface area contributed by atoms with E-state index in [9.17, 15) is 9.59 Å². The highest BCUT2D eigenvalue weighted by atomic mass is 16.5.